The number of piperidine rings is 1. The molecule has 2 heterocycles. The third-order valence-electron chi connectivity index (χ3n) is 11.4. The molecule has 3 saturated carbocycles. The second-order valence-electron chi connectivity index (χ2n) is 13.3. The summed E-state index contributed by atoms with van der Waals surface area (Å²) in [5.74, 6) is 0.612. The summed E-state index contributed by atoms with van der Waals surface area (Å²) < 4.78 is 12.3. The Bertz CT molecular complexity index is 904. The molecule has 0 aromatic carbocycles. The van der Waals surface area contributed by atoms with Crippen molar-refractivity contribution in [3.63, 3.8) is 0 Å². The minimum Gasteiger partial charge on any atom is -0.445 e. The Morgan fingerprint density at radius 2 is 1.77 bits per heavy atom. The van der Waals surface area contributed by atoms with Gasteiger partial charge in [-0.25, -0.2) is 4.79 Å². The normalized spacial score (nSPS) is 48.1. The van der Waals surface area contributed by atoms with E-state index in [4.69, 9.17) is 9.47 Å². The number of hydrogen-bond donors (Lipinski definition) is 1. The molecular formula is C28H44N2O5. The Morgan fingerprint density at radius 3 is 2.40 bits per heavy atom. The quantitative estimate of drug-likeness (QED) is 0.645. The van der Waals surface area contributed by atoms with Gasteiger partial charge in [-0.15, -0.1) is 0 Å². The molecule has 2 saturated heterocycles. The first-order valence-electron chi connectivity index (χ1n) is 13.7. The van der Waals surface area contributed by atoms with Gasteiger partial charge in [0, 0.05) is 42.9 Å². The molecule has 5 fully saturated rings. The molecule has 7 heteroatoms. The Hall–Kier alpha value is -1.47. The summed E-state index contributed by atoms with van der Waals surface area (Å²) in [6.07, 6.45) is 4.29. The van der Waals surface area contributed by atoms with Crippen LogP contribution in [0.1, 0.15) is 73.1 Å². The van der Waals surface area contributed by atoms with Crippen molar-refractivity contribution in [2.75, 3.05) is 26.7 Å². The monoisotopic (exact) mass is 488 g/mol. The highest BCUT2D eigenvalue weighted by atomic mass is 16.6. The highest BCUT2D eigenvalue weighted by Gasteiger charge is 2.68. The van der Waals surface area contributed by atoms with E-state index in [1.165, 1.54) is 0 Å². The number of methoxy groups -OCH3 is 1. The van der Waals surface area contributed by atoms with Gasteiger partial charge in [-0.1, -0.05) is 34.6 Å². The van der Waals surface area contributed by atoms with Crippen molar-refractivity contribution in [3.05, 3.63) is 0 Å². The van der Waals surface area contributed by atoms with Crippen LogP contribution in [0.2, 0.25) is 0 Å². The van der Waals surface area contributed by atoms with Crippen LogP contribution in [0.4, 0.5) is 4.79 Å². The maximum Gasteiger partial charge on any atom is 0.414 e. The Labute approximate surface area is 210 Å². The molecule has 0 radical (unpaired) electrons. The predicted molar refractivity (Wildman–Crippen MR) is 131 cm³/mol. The van der Waals surface area contributed by atoms with Crippen LogP contribution in [0.5, 0.6) is 0 Å². The van der Waals surface area contributed by atoms with Crippen LogP contribution >= 0.6 is 0 Å². The molecule has 0 aromatic rings. The van der Waals surface area contributed by atoms with Crippen molar-refractivity contribution in [2.24, 2.45) is 45.8 Å². The summed E-state index contributed by atoms with van der Waals surface area (Å²) in [5, 5.41) is 2.58. The summed E-state index contributed by atoms with van der Waals surface area (Å²) in [4.78, 5) is 42.3. The van der Waals surface area contributed by atoms with Crippen molar-refractivity contribution < 1.29 is 23.9 Å². The average Bonchev–Trinajstić information content (AvgIpc) is 3.54. The number of amides is 2. The number of carbonyl (C=O) groups excluding carboxylic acids is 3. The molecule has 4 unspecified atom stereocenters. The van der Waals surface area contributed by atoms with Gasteiger partial charge in [-0.3, -0.25) is 14.9 Å². The largest absolute Gasteiger partial charge is 0.445 e. The number of Topliss-reactive ketones (excluding diaryl/α,β-unsaturated/α-hetero) is 1. The zero-order chi connectivity index (χ0) is 25.3. The van der Waals surface area contributed by atoms with Crippen LogP contribution in [0, 0.1) is 45.8 Å². The minimum atomic E-state index is -0.661. The van der Waals surface area contributed by atoms with Gasteiger partial charge in [0.1, 0.15) is 11.9 Å². The number of imide groups is 1. The highest BCUT2D eigenvalue weighted by Crippen LogP contribution is 2.68. The molecule has 5 aliphatic rings. The van der Waals surface area contributed by atoms with Crippen molar-refractivity contribution >= 4 is 17.8 Å². The van der Waals surface area contributed by atoms with E-state index >= 15 is 0 Å². The fourth-order valence-electron chi connectivity index (χ4n) is 9.21. The van der Waals surface area contributed by atoms with E-state index < -0.39 is 17.6 Å². The number of ketones is 1. The van der Waals surface area contributed by atoms with E-state index in [0.29, 0.717) is 18.3 Å². The first kappa shape index (κ1) is 25.2. The van der Waals surface area contributed by atoms with Crippen LogP contribution in [-0.2, 0) is 19.1 Å². The zero-order valence-corrected chi connectivity index (χ0v) is 22.4. The molecule has 4 bridgehead atoms. The molecule has 0 aromatic heterocycles. The lowest BCUT2D eigenvalue weighted by Gasteiger charge is -2.61. The van der Waals surface area contributed by atoms with Gasteiger partial charge in [-0.05, 0) is 62.3 Å². The lowest BCUT2D eigenvalue weighted by atomic mass is 9.44. The third-order valence-corrected chi connectivity index (χ3v) is 11.4. The van der Waals surface area contributed by atoms with Crippen molar-refractivity contribution in [2.45, 2.75) is 85.4 Å². The number of hydrogen-bond acceptors (Lipinski definition) is 6. The number of alkyl carbamates (subject to hydrolysis) is 1. The van der Waals surface area contributed by atoms with Crippen molar-refractivity contribution in [1.82, 2.24) is 10.2 Å². The van der Waals surface area contributed by atoms with Gasteiger partial charge in [0.05, 0.1) is 12.0 Å². The first-order valence-corrected chi connectivity index (χ1v) is 13.7. The summed E-state index contributed by atoms with van der Waals surface area (Å²) in [6.45, 7) is 13.4. The molecule has 3 aliphatic carbocycles. The van der Waals surface area contributed by atoms with Crippen LogP contribution in [0.15, 0.2) is 0 Å². The van der Waals surface area contributed by atoms with E-state index in [9.17, 15) is 14.4 Å². The van der Waals surface area contributed by atoms with Crippen LogP contribution < -0.4 is 5.32 Å². The van der Waals surface area contributed by atoms with E-state index in [2.05, 4.69) is 31.0 Å². The van der Waals surface area contributed by atoms with E-state index in [1.807, 2.05) is 13.8 Å². The second-order valence-corrected chi connectivity index (χ2v) is 13.3. The number of nitrogens with zero attached hydrogens (tertiary/aromatic N) is 1. The smallest absolute Gasteiger partial charge is 0.414 e. The van der Waals surface area contributed by atoms with Crippen LogP contribution in [0.3, 0.4) is 0 Å². The second kappa shape index (κ2) is 8.54. The van der Waals surface area contributed by atoms with Gasteiger partial charge in [-0.2, -0.15) is 0 Å². The predicted octanol–water partition coefficient (Wildman–Crippen LogP) is 4.04. The maximum absolute atomic E-state index is 13.8. The lowest BCUT2D eigenvalue weighted by molar-refractivity contribution is -0.190. The number of fused-ring (bicyclic) bond motifs is 2. The van der Waals surface area contributed by atoms with Crippen LogP contribution in [-0.4, -0.2) is 61.6 Å². The van der Waals surface area contributed by atoms with Gasteiger partial charge in [0.15, 0.2) is 0 Å². The molecule has 196 valence electrons. The molecule has 1 N–H and O–H groups in total. The lowest BCUT2D eigenvalue weighted by Crippen LogP contribution is -2.63. The molecule has 5 rings (SSSR count). The Morgan fingerprint density at radius 1 is 1.06 bits per heavy atom. The number of ether oxygens (including phenoxy) is 2. The maximum atomic E-state index is 13.8. The van der Waals surface area contributed by atoms with E-state index in [0.717, 1.165) is 51.7 Å². The highest BCUT2D eigenvalue weighted by molar-refractivity contribution is 5.93. The SMILES string of the molecule is COC1CCC23CC[C@@H](C)[C@](C)(C12)[C@H](OC(=O)NC(=O)[C@H]1CN2CC[C@@H]1C2)CC(C)(C)C(=O)[C@@H]3C. The third kappa shape index (κ3) is 3.70. The topological polar surface area (TPSA) is 84.9 Å². The minimum absolute atomic E-state index is 0.0399. The first-order chi connectivity index (χ1) is 16.4. The molecule has 0 spiro atoms. The molecule has 7 nitrogen and oxygen atoms in total. The molecule has 2 amide bonds. The summed E-state index contributed by atoms with van der Waals surface area (Å²) in [5.41, 5.74) is -1.10. The number of rotatable bonds is 3. The standard InChI is InChI=1S/C28H44N2O5/c1-16-7-10-28-11-8-20(34-6)22(28)27(16,5)21(13-26(3,4)23(31)17(28)2)35-25(33)29-24(32)19-15-30-12-9-18(19)14-30/h16-22H,7-15H2,1-6H3,(H,29,32,33)/t16-,17+,18-,19+,20?,21-,22?,27+,28?/m1/s1. The summed E-state index contributed by atoms with van der Waals surface area (Å²) in [7, 11) is 1.77. The van der Waals surface area contributed by atoms with Crippen molar-refractivity contribution in [3.8, 4) is 0 Å². The van der Waals surface area contributed by atoms with Gasteiger partial charge < -0.3 is 14.4 Å². The fourth-order valence-corrected chi connectivity index (χ4v) is 9.21. The summed E-state index contributed by atoms with van der Waals surface area (Å²) in [6, 6.07) is 0. The fraction of sp³-hybridized carbons (Fsp3) is 0.893. The average molecular weight is 489 g/mol. The molecular weight excluding hydrogens is 444 g/mol. The van der Waals surface area contributed by atoms with Crippen LogP contribution in [0.25, 0.3) is 0 Å². The Balaban J connectivity index is 1.45. The molecule has 2 aliphatic heterocycles. The van der Waals surface area contributed by atoms with E-state index in [1.54, 1.807) is 7.11 Å². The zero-order valence-electron chi connectivity index (χ0n) is 22.4. The number of nitrogens with one attached hydrogen (secondary N) is 1. The number of carbonyl (C=O) groups is 3. The summed E-state index contributed by atoms with van der Waals surface area (Å²) >= 11 is 0. The van der Waals surface area contributed by atoms with E-state index in [-0.39, 0.29) is 46.4 Å². The van der Waals surface area contributed by atoms with Gasteiger partial charge in [0.2, 0.25) is 5.91 Å². The Kier molecular flexibility index (Phi) is 6.15. The molecule has 10 atom stereocenters. The molecule has 35 heavy (non-hydrogen) atoms. The van der Waals surface area contributed by atoms with Crippen molar-refractivity contribution in [1.29, 1.82) is 0 Å². The van der Waals surface area contributed by atoms with Gasteiger partial charge in [0.25, 0.3) is 0 Å². The van der Waals surface area contributed by atoms with Gasteiger partial charge >= 0.3 is 6.09 Å².